The van der Waals surface area contributed by atoms with Gasteiger partial charge in [-0.1, -0.05) is 223 Å². The molecule has 0 spiro atoms. The fraction of sp³-hybridized carbons (Fsp3) is 0.342. The number of anilines is 3. The first-order valence-electron chi connectivity index (χ1n) is 27.9. The van der Waals surface area contributed by atoms with Crippen LogP contribution in [-0.2, 0) is 37.9 Å². The molecular formula is C73H77N. The molecule has 1 heteroatoms. The topological polar surface area (TPSA) is 3.24 Å². The molecule has 0 saturated carbocycles. The fourth-order valence-electron chi connectivity index (χ4n) is 14.4. The molecule has 1 nitrogen and oxygen atoms in total. The van der Waals surface area contributed by atoms with Crippen LogP contribution in [0.2, 0.25) is 0 Å². The summed E-state index contributed by atoms with van der Waals surface area (Å²) in [6.45, 7) is 29.4. The van der Waals surface area contributed by atoms with E-state index in [1.54, 1.807) is 0 Å². The van der Waals surface area contributed by atoms with Crippen LogP contribution in [0.3, 0.4) is 0 Å². The van der Waals surface area contributed by atoms with E-state index in [4.69, 9.17) is 0 Å². The number of hydrogen-bond donors (Lipinski definition) is 0. The standard InChI is InChI=1S/C73H77N/c1-67(2)37-40-70(7,8)63-43-49(29-34-59(63)67)48-27-31-53(32-28-48)74(54-33-36-61-65(45-54)72(11,12)42-39-69(61,5)6)66-47-62-57(46-56(66)50-30-35-60-64(44-50)71(9,10)41-38-68(60,3)4)55-25-19-20-26-58(55)73(62,51-21-15-13-16-22-51)52-23-17-14-18-24-52/h13-36,43-47H,37-42H2,1-12H3. The lowest BCUT2D eigenvalue weighted by Crippen LogP contribution is -2.34. The van der Waals surface area contributed by atoms with Crippen molar-refractivity contribution in [2.75, 3.05) is 4.90 Å². The molecule has 12 rings (SSSR count). The van der Waals surface area contributed by atoms with Gasteiger partial charge in [0, 0.05) is 16.9 Å². The van der Waals surface area contributed by atoms with E-state index in [1.807, 2.05) is 0 Å². The molecule has 0 unspecified atom stereocenters. The second-order valence-electron chi connectivity index (χ2n) is 26.9. The van der Waals surface area contributed by atoms with Crippen molar-refractivity contribution in [3.05, 3.63) is 232 Å². The van der Waals surface area contributed by atoms with Gasteiger partial charge >= 0.3 is 0 Å². The molecule has 0 N–H and O–H groups in total. The van der Waals surface area contributed by atoms with Crippen molar-refractivity contribution >= 4 is 17.1 Å². The lowest BCUT2D eigenvalue weighted by molar-refractivity contribution is 0.332. The Hall–Kier alpha value is -6.44. The highest BCUT2D eigenvalue weighted by Crippen LogP contribution is 2.60. The SMILES string of the molecule is CC1(C)CCC(C)(C)c2cc(-c3ccc(N(c4ccc5c(c4)C(C)(C)CCC5(C)C)c4cc5c(cc4-c4ccc6c(c4)C(C)(C)CCC6(C)C)-c4ccccc4C5(c4ccccc4)c4ccccc4)cc3)ccc21. The van der Waals surface area contributed by atoms with E-state index in [-0.39, 0.29) is 32.5 Å². The predicted octanol–water partition coefficient (Wildman–Crippen LogP) is 19.9. The van der Waals surface area contributed by atoms with E-state index in [2.05, 4.69) is 264 Å². The van der Waals surface area contributed by atoms with Crippen LogP contribution >= 0.6 is 0 Å². The maximum atomic E-state index is 2.63. The summed E-state index contributed by atoms with van der Waals surface area (Å²) in [7, 11) is 0. The molecule has 8 aromatic carbocycles. The highest BCUT2D eigenvalue weighted by Gasteiger charge is 2.48. The van der Waals surface area contributed by atoms with Crippen molar-refractivity contribution in [2.24, 2.45) is 0 Å². The van der Waals surface area contributed by atoms with Gasteiger partial charge in [0.1, 0.15) is 0 Å². The third-order valence-electron chi connectivity index (χ3n) is 19.4. The van der Waals surface area contributed by atoms with Crippen LogP contribution in [0.25, 0.3) is 33.4 Å². The van der Waals surface area contributed by atoms with E-state index < -0.39 is 5.41 Å². The summed E-state index contributed by atoms with van der Waals surface area (Å²) in [6, 6.07) is 69.0. The summed E-state index contributed by atoms with van der Waals surface area (Å²) in [5.41, 5.74) is 25.3. The Morgan fingerprint density at radius 3 is 1.20 bits per heavy atom. The van der Waals surface area contributed by atoms with Gasteiger partial charge in [-0.2, -0.15) is 0 Å². The van der Waals surface area contributed by atoms with Gasteiger partial charge in [0.15, 0.2) is 0 Å². The summed E-state index contributed by atoms with van der Waals surface area (Å²) in [4.78, 5) is 2.63. The minimum Gasteiger partial charge on any atom is -0.310 e. The lowest BCUT2D eigenvalue weighted by atomic mass is 9.63. The normalized spacial score (nSPS) is 19.5. The number of hydrogen-bond acceptors (Lipinski definition) is 1. The lowest BCUT2D eigenvalue weighted by Gasteiger charge is -2.43. The van der Waals surface area contributed by atoms with Crippen molar-refractivity contribution in [3.8, 4) is 33.4 Å². The Kier molecular flexibility index (Phi) is 11.0. The average molecular weight is 968 g/mol. The van der Waals surface area contributed by atoms with Crippen LogP contribution in [0, 0.1) is 0 Å². The Balaban J connectivity index is 1.16. The summed E-state index contributed by atoms with van der Waals surface area (Å²) in [5.74, 6) is 0. The highest BCUT2D eigenvalue weighted by atomic mass is 15.1. The molecule has 0 aliphatic heterocycles. The van der Waals surface area contributed by atoms with Crippen LogP contribution in [0.4, 0.5) is 17.1 Å². The molecule has 0 bridgehead atoms. The molecule has 374 valence electrons. The largest absolute Gasteiger partial charge is 0.310 e. The molecule has 0 saturated heterocycles. The first-order valence-corrected chi connectivity index (χ1v) is 27.9. The van der Waals surface area contributed by atoms with Gasteiger partial charge < -0.3 is 4.90 Å². The van der Waals surface area contributed by atoms with Crippen LogP contribution in [0.1, 0.15) is 177 Å². The van der Waals surface area contributed by atoms with Gasteiger partial charge in [0.2, 0.25) is 0 Å². The van der Waals surface area contributed by atoms with Crippen LogP contribution in [0.5, 0.6) is 0 Å². The van der Waals surface area contributed by atoms with Crippen molar-refractivity contribution in [3.63, 3.8) is 0 Å². The Morgan fingerprint density at radius 2 is 0.676 bits per heavy atom. The predicted molar refractivity (Wildman–Crippen MR) is 315 cm³/mol. The summed E-state index contributed by atoms with van der Waals surface area (Å²) in [5, 5.41) is 0. The van der Waals surface area contributed by atoms with Crippen molar-refractivity contribution in [1.82, 2.24) is 0 Å². The molecule has 0 fully saturated rings. The molecule has 0 aromatic heterocycles. The first kappa shape index (κ1) is 48.5. The second-order valence-corrected chi connectivity index (χ2v) is 26.9. The van der Waals surface area contributed by atoms with Crippen LogP contribution < -0.4 is 4.90 Å². The van der Waals surface area contributed by atoms with E-state index in [9.17, 15) is 0 Å². The fourth-order valence-corrected chi connectivity index (χ4v) is 14.4. The zero-order valence-corrected chi connectivity index (χ0v) is 46.4. The Labute approximate surface area is 444 Å². The van der Waals surface area contributed by atoms with E-state index in [0.717, 1.165) is 18.5 Å². The highest BCUT2D eigenvalue weighted by molar-refractivity contribution is 5.97. The summed E-state index contributed by atoms with van der Waals surface area (Å²) < 4.78 is 0. The van der Waals surface area contributed by atoms with E-state index in [0.29, 0.717) is 0 Å². The molecule has 0 radical (unpaired) electrons. The van der Waals surface area contributed by atoms with Gasteiger partial charge in [-0.25, -0.2) is 0 Å². The smallest absolute Gasteiger partial charge is 0.0714 e. The average Bonchev–Trinajstić information content (AvgIpc) is 3.68. The Morgan fingerprint density at radius 1 is 0.270 bits per heavy atom. The third-order valence-corrected chi connectivity index (χ3v) is 19.4. The minimum absolute atomic E-state index is 0.0280. The van der Waals surface area contributed by atoms with Gasteiger partial charge in [-0.3, -0.25) is 0 Å². The maximum absolute atomic E-state index is 2.63. The molecule has 0 heterocycles. The summed E-state index contributed by atoms with van der Waals surface area (Å²) >= 11 is 0. The quantitative estimate of drug-likeness (QED) is 0.154. The summed E-state index contributed by atoms with van der Waals surface area (Å²) in [6.07, 6.45) is 7.09. The molecule has 0 amide bonds. The molecule has 8 aromatic rings. The van der Waals surface area contributed by atoms with Gasteiger partial charge in [-0.15, -0.1) is 0 Å². The first-order chi connectivity index (χ1) is 35.1. The van der Waals surface area contributed by atoms with Crippen LogP contribution in [0.15, 0.2) is 176 Å². The van der Waals surface area contributed by atoms with E-state index in [1.165, 1.54) is 126 Å². The monoisotopic (exact) mass is 968 g/mol. The van der Waals surface area contributed by atoms with Gasteiger partial charge in [0.25, 0.3) is 0 Å². The molecule has 4 aliphatic rings. The zero-order chi connectivity index (χ0) is 51.8. The molecule has 74 heavy (non-hydrogen) atoms. The second kappa shape index (κ2) is 16.8. The van der Waals surface area contributed by atoms with Crippen molar-refractivity contribution in [1.29, 1.82) is 0 Å². The Bertz CT molecular complexity index is 3450. The maximum Gasteiger partial charge on any atom is 0.0714 e. The zero-order valence-electron chi connectivity index (χ0n) is 46.4. The van der Waals surface area contributed by atoms with Crippen LogP contribution in [-0.4, -0.2) is 0 Å². The number of fused-ring (bicyclic) bond motifs is 6. The van der Waals surface area contributed by atoms with E-state index >= 15 is 0 Å². The third kappa shape index (κ3) is 7.52. The molecular weight excluding hydrogens is 891 g/mol. The minimum atomic E-state index is -0.560. The van der Waals surface area contributed by atoms with Gasteiger partial charge in [0.05, 0.1) is 11.1 Å². The van der Waals surface area contributed by atoms with Crippen molar-refractivity contribution < 1.29 is 0 Å². The van der Waals surface area contributed by atoms with Crippen molar-refractivity contribution in [2.45, 2.75) is 160 Å². The molecule has 0 atom stereocenters. The number of benzene rings is 8. The number of rotatable bonds is 7. The number of nitrogens with zero attached hydrogens (tertiary/aromatic N) is 1. The van der Waals surface area contributed by atoms with Gasteiger partial charge in [-0.05, 0) is 191 Å². The molecule has 4 aliphatic carbocycles.